The molecule has 30 heavy (non-hydrogen) atoms. The van der Waals surface area contributed by atoms with E-state index in [1.54, 1.807) is 13.0 Å². The van der Waals surface area contributed by atoms with E-state index in [1.807, 2.05) is 43.3 Å². The third-order valence-corrected chi connectivity index (χ3v) is 5.08. The summed E-state index contributed by atoms with van der Waals surface area (Å²) in [6, 6.07) is 23.9. The van der Waals surface area contributed by atoms with Crippen LogP contribution in [0, 0.1) is 13.8 Å². The van der Waals surface area contributed by atoms with Gasteiger partial charge in [-0.25, -0.2) is 4.79 Å². The van der Waals surface area contributed by atoms with Crippen molar-refractivity contribution < 1.29 is 9.53 Å². The molecule has 0 saturated heterocycles. The molecule has 0 aliphatic heterocycles. The van der Waals surface area contributed by atoms with E-state index in [0.29, 0.717) is 17.3 Å². The fraction of sp³-hybridized carbons (Fsp3) is 0.200. The second-order valence-corrected chi connectivity index (χ2v) is 7.46. The molecule has 3 rings (SSSR count). The zero-order chi connectivity index (χ0) is 21.5. The minimum Gasteiger partial charge on any atom is -0.462 e. The van der Waals surface area contributed by atoms with E-state index in [2.05, 4.69) is 47.9 Å². The summed E-state index contributed by atoms with van der Waals surface area (Å²) in [5.74, 6) is -0.334. The Morgan fingerprint density at radius 1 is 0.967 bits per heavy atom. The SMILES string of the molecule is CCOC(=O)c1cccc(NC(=S)N[C@@H](c2ccccc2)c2cccc(C)c2)c1C. The van der Waals surface area contributed by atoms with Crippen LogP contribution in [-0.2, 0) is 4.74 Å². The molecule has 0 fully saturated rings. The van der Waals surface area contributed by atoms with Crippen LogP contribution in [0.25, 0.3) is 0 Å². The van der Waals surface area contributed by atoms with Gasteiger partial charge in [0.05, 0.1) is 18.2 Å². The van der Waals surface area contributed by atoms with Gasteiger partial charge in [0.1, 0.15) is 0 Å². The average molecular weight is 419 g/mol. The average Bonchev–Trinajstić information content (AvgIpc) is 2.74. The molecule has 0 aromatic heterocycles. The van der Waals surface area contributed by atoms with Gasteiger partial charge in [0, 0.05) is 5.69 Å². The molecule has 0 saturated carbocycles. The Morgan fingerprint density at radius 2 is 1.67 bits per heavy atom. The lowest BCUT2D eigenvalue weighted by molar-refractivity contribution is 0.0525. The van der Waals surface area contributed by atoms with Crippen LogP contribution >= 0.6 is 12.2 Å². The summed E-state index contributed by atoms with van der Waals surface area (Å²) in [7, 11) is 0. The van der Waals surface area contributed by atoms with Gasteiger partial charge in [0.2, 0.25) is 0 Å². The van der Waals surface area contributed by atoms with Crippen LogP contribution in [0.4, 0.5) is 5.69 Å². The summed E-state index contributed by atoms with van der Waals surface area (Å²) in [5, 5.41) is 7.16. The van der Waals surface area contributed by atoms with Crippen molar-refractivity contribution >= 4 is 29.0 Å². The summed E-state index contributed by atoms with van der Waals surface area (Å²) in [5.41, 5.74) is 5.53. The van der Waals surface area contributed by atoms with E-state index in [1.165, 1.54) is 5.56 Å². The Kier molecular flexibility index (Phi) is 7.20. The number of hydrogen-bond donors (Lipinski definition) is 2. The molecular formula is C25H26N2O2S. The number of benzene rings is 3. The van der Waals surface area contributed by atoms with Crippen LogP contribution in [0.2, 0.25) is 0 Å². The van der Waals surface area contributed by atoms with Crippen molar-refractivity contribution in [2.24, 2.45) is 0 Å². The van der Waals surface area contributed by atoms with Crippen molar-refractivity contribution in [3.05, 3.63) is 101 Å². The maximum Gasteiger partial charge on any atom is 0.338 e. The van der Waals surface area contributed by atoms with Crippen LogP contribution in [-0.4, -0.2) is 17.7 Å². The third-order valence-electron chi connectivity index (χ3n) is 4.86. The van der Waals surface area contributed by atoms with Crippen molar-refractivity contribution in [2.45, 2.75) is 26.8 Å². The Balaban J connectivity index is 1.84. The maximum atomic E-state index is 12.2. The van der Waals surface area contributed by atoms with Gasteiger partial charge in [-0.1, -0.05) is 66.2 Å². The third kappa shape index (κ3) is 5.24. The summed E-state index contributed by atoms with van der Waals surface area (Å²) >= 11 is 5.63. The molecule has 0 spiro atoms. The molecule has 2 N–H and O–H groups in total. The number of thiocarbonyl (C=S) groups is 1. The van der Waals surface area contributed by atoms with Crippen LogP contribution in [0.5, 0.6) is 0 Å². The topological polar surface area (TPSA) is 50.4 Å². The zero-order valence-corrected chi connectivity index (χ0v) is 18.3. The Hall–Kier alpha value is -3.18. The lowest BCUT2D eigenvalue weighted by Gasteiger charge is -2.23. The summed E-state index contributed by atoms with van der Waals surface area (Å²) in [6.45, 7) is 6.09. The first kappa shape index (κ1) is 21.5. The molecular weight excluding hydrogens is 392 g/mol. The first-order chi connectivity index (χ1) is 14.5. The first-order valence-electron chi connectivity index (χ1n) is 9.95. The Bertz CT molecular complexity index is 1030. The molecule has 0 bridgehead atoms. The van der Waals surface area contributed by atoms with Gasteiger partial charge in [-0.2, -0.15) is 0 Å². The first-order valence-corrected chi connectivity index (χ1v) is 10.4. The number of aryl methyl sites for hydroxylation is 1. The van der Waals surface area contributed by atoms with E-state index in [-0.39, 0.29) is 12.0 Å². The molecule has 3 aromatic carbocycles. The highest BCUT2D eigenvalue weighted by atomic mass is 32.1. The smallest absolute Gasteiger partial charge is 0.338 e. The number of carbonyl (C=O) groups excluding carboxylic acids is 1. The molecule has 0 amide bonds. The summed E-state index contributed by atoms with van der Waals surface area (Å²) in [6.07, 6.45) is 0. The largest absolute Gasteiger partial charge is 0.462 e. The van der Waals surface area contributed by atoms with Gasteiger partial charge in [-0.05, 0) is 61.8 Å². The van der Waals surface area contributed by atoms with Crippen LogP contribution in [0.15, 0.2) is 72.8 Å². The highest BCUT2D eigenvalue weighted by Crippen LogP contribution is 2.24. The van der Waals surface area contributed by atoms with Crippen LogP contribution in [0.3, 0.4) is 0 Å². The number of carbonyl (C=O) groups is 1. The van der Waals surface area contributed by atoms with Crippen molar-refractivity contribution in [3.63, 3.8) is 0 Å². The molecule has 0 aliphatic carbocycles. The van der Waals surface area contributed by atoms with E-state index in [0.717, 1.165) is 22.4 Å². The Labute approximate surface area is 183 Å². The van der Waals surface area contributed by atoms with Gasteiger partial charge in [0.25, 0.3) is 0 Å². The molecule has 5 heteroatoms. The highest BCUT2D eigenvalue weighted by Gasteiger charge is 2.17. The monoisotopic (exact) mass is 418 g/mol. The molecule has 0 heterocycles. The normalized spacial score (nSPS) is 11.4. The van der Waals surface area contributed by atoms with Gasteiger partial charge < -0.3 is 15.4 Å². The predicted molar refractivity (Wildman–Crippen MR) is 126 cm³/mol. The molecule has 154 valence electrons. The van der Waals surface area contributed by atoms with Crippen LogP contribution in [0.1, 0.15) is 45.6 Å². The quantitative estimate of drug-likeness (QED) is 0.406. The number of hydrogen-bond acceptors (Lipinski definition) is 3. The second-order valence-electron chi connectivity index (χ2n) is 7.05. The number of anilines is 1. The van der Waals surface area contributed by atoms with E-state index >= 15 is 0 Å². The lowest BCUT2D eigenvalue weighted by Crippen LogP contribution is -2.33. The minimum atomic E-state index is -0.334. The van der Waals surface area contributed by atoms with Crippen molar-refractivity contribution in [1.29, 1.82) is 0 Å². The molecule has 1 atom stereocenters. The highest BCUT2D eigenvalue weighted by molar-refractivity contribution is 7.80. The number of esters is 1. The van der Waals surface area contributed by atoms with E-state index < -0.39 is 0 Å². The van der Waals surface area contributed by atoms with Gasteiger partial charge in [-0.15, -0.1) is 0 Å². The molecule has 3 aromatic rings. The van der Waals surface area contributed by atoms with E-state index in [9.17, 15) is 4.79 Å². The number of rotatable bonds is 6. The van der Waals surface area contributed by atoms with Gasteiger partial charge in [-0.3, -0.25) is 0 Å². The number of ether oxygens (including phenoxy) is 1. The van der Waals surface area contributed by atoms with Crippen LogP contribution < -0.4 is 10.6 Å². The molecule has 0 aliphatic rings. The Morgan fingerprint density at radius 3 is 2.37 bits per heavy atom. The van der Waals surface area contributed by atoms with Crippen molar-refractivity contribution in [2.75, 3.05) is 11.9 Å². The summed E-state index contributed by atoms with van der Waals surface area (Å²) in [4.78, 5) is 12.2. The maximum absolute atomic E-state index is 12.2. The lowest BCUT2D eigenvalue weighted by atomic mass is 9.97. The standard InChI is InChI=1S/C25H26N2O2S/c1-4-29-24(28)21-14-9-15-22(18(21)3)26-25(30)27-23(19-11-6-5-7-12-19)20-13-8-10-17(2)16-20/h5-16,23H,4H2,1-3H3,(H2,26,27,30)/t23-/m0/s1. The molecule has 0 radical (unpaired) electrons. The van der Waals surface area contributed by atoms with Crippen molar-refractivity contribution in [1.82, 2.24) is 5.32 Å². The van der Waals surface area contributed by atoms with Crippen molar-refractivity contribution in [3.8, 4) is 0 Å². The number of nitrogens with one attached hydrogen (secondary N) is 2. The minimum absolute atomic E-state index is 0.0976. The second kappa shape index (κ2) is 10.0. The predicted octanol–water partition coefficient (Wildman–Crippen LogP) is 5.56. The molecule has 4 nitrogen and oxygen atoms in total. The fourth-order valence-electron chi connectivity index (χ4n) is 3.34. The van der Waals surface area contributed by atoms with E-state index in [4.69, 9.17) is 17.0 Å². The van der Waals surface area contributed by atoms with Gasteiger partial charge in [0.15, 0.2) is 5.11 Å². The summed E-state index contributed by atoms with van der Waals surface area (Å²) < 4.78 is 5.14. The van der Waals surface area contributed by atoms with Gasteiger partial charge >= 0.3 is 5.97 Å². The fourth-order valence-corrected chi connectivity index (χ4v) is 3.57. The molecule has 0 unspecified atom stereocenters. The zero-order valence-electron chi connectivity index (χ0n) is 17.4.